The van der Waals surface area contributed by atoms with Gasteiger partial charge in [-0.05, 0) is 42.7 Å². The summed E-state index contributed by atoms with van der Waals surface area (Å²) in [6.07, 6.45) is 2.08. The van der Waals surface area contributed by atoms with Crippen LogP contribution in [-0.4, -0.2) is 27.3 Å². The molecule has 0 atom stereocenters. The first-order chi connectivity index (χ1) is 13.5. The molecule has 1 heterocycles. The normalized spacial score (nSPS) is 13.6. The van der Waals surface area contributed by atoms with Crippen LogP contribution in [0.5, 0.6) is 0 Å². The van der Waals surface area contributed by atoms with E-state index < -0.39 is 0 Å². The number of nitrogens with zero attached hydrogens (tertiary/aromatic N) is 2. The molecule has 8 heteroatoms. The SMILES string of the molecule is O=C(CSc1nc2ccc(Br)cc2c(=O)n1Cc1ccccc1Cl)NC1CC1. The molecule has 0 spiro atoms. The molecule has 1 saturated carbocycles. The Labute approximate surface area is 179 Å². The highest BCUT2D eigenvalue weighted by Crippen LogP contribution is 2.24. The van der Waals surface area contributed by atoms with Gasteiger partial charge in [-0.1, -0.05) is 57.5 Å². The minimum absolute atomic E-state index is 0.0399. The van der Waals surface area contributed by atoms with Gasteiger partial charge in [0.15, 0.2) is 5.16 Å². The van der Waals surface area contributed by atoms with E-state index in [4.69, 9.17) is 11.6 Å². The van der Waals surface area contributed by atoms with Gasteiger partial charge in [-0.2, -0.15) is 0 Å². The van der Waals surface area contributed by atoms with Gasteiger partial charge in [-0.15, -0.1) is 0 Å². The van der Waals surface area contributed by atoms with E-state index in [0.29, 0.717) is 33.7 Å². The summed E-state index contributed by atoms with van der Waals surface area (Å²) in [7, 11) is 0. The number of halogens is 2. The number of rotatable bonds is 6. The minimum atomic E-state index is -0.156. The van der Waals surface area contributed by atoms with E-state index in [1.54, 1.807) is 22.8 Å². The summed E-state index contributed by atoms with van der Waals surface area (Å²) < 4.78 is 2.40. The first kappa shape index (κ1) is 19.5. The zero-order valence-corrected chi connectivity index (χ0v) is 18.0. The number of carbonyl (C=O) groups is 1. The average Bonchev–Trinajstić information content (AvgIpc) is 3.48. The van der Waals surface area contributed by atoms with E-state index in [1.807, 2.05) is 24.3 Å². The quantitative estimate of drug-likeness (QED) is 0.425. The van der Waals surface area contributed by atoms with Crippen LogP contribution in [0, 0.1) is 0 Å². The van der Waals surface area contributed by atoms with E-state index in [-0.39, 0.29) is 17.2 Å². The van der Waals surface area contributed by atoms with Crippen molar-refractivity contribution < 1.29 is 4.79 Å². The molecule has 0 radical (unpaired) electrons. The average molecular weight is 479 g/mol. The lowest BCUT2D eigenvalue weighted by Gasteiger charge is -2.14. The highest BCUT2D eigenvalue weighted by Gasteiger charge is 2.23. The van der Waals surface area contributed by atoms with Crippen molar-refractivity contribution in [1.29, 1.82) is 0 Å². The number of benzene rings is 2. The van der Waals surface area contributed by atoms with Gasteiger partial charge in [0.2, 0.25) is 5.91 Å². The Bertz CT molecular complexity index is 1110. The predicted octanol–water partition coefficient (Wildman–Crippen LogP) is 4.23. The summed E-state index contributed by atoms with van der Waals surface area (Å²) in [5, 5.41) is 4.58. The van der Waals surface area contributed by atoms with Crippen molar-refractivity contribution in [3.05, 3.63) is 67.9 Å². The second kappa shape index (κ2) is 8.27. The highest BCUT2D eigenvalue weighted by atomic mass is 79.9. The summed E-state index contributed by atoms with van der Waals surface area (Å²) in [4.78, 5) is 30.0. The molecule has 2 aromatic carbocycles. The van der Waals surface area contributed by atoms with Gasteiger partial charge in [0.1, 0.15) is 0 Å². The Morgan fingerprint density at radius 3 is 2.82 bits per heavy atom. The number of thioether (sulfide) groups is 1. The summed E-state index contributed by atoms with van der Waals surface area (Å²) in [5.74, 6) is 0.176. The Hall–Kier alpha value is -1.83. The maximum Gasteiger partial charge on any atom is 0.262 e. The molecule has 5 nitrogen and oxygen atoms in total. The van der Waals surface area contributed by atoms with Crippen LogP contribution in [0.15, 0.2) is 56.9 Å². The largest absolute Gasteiger partial charge is 0.353 e. The number of fused-ring (bicyclic) bond motifs is 1. The van der Waals surface area contributed by atoms with E-state index in [9.17, 15) is 9.59 Å². The standard InChI is InChI=1S/C20H17BrClN3O2S/c21-13-5-8-17-15(9-13)19(27)25(10-12-3-1-2-4-16(12)22)20(24-17)28-11-18(26)23-14-6-7-14/h1-5,8-9,14H,6-7,10-11H2,(H,23,26). The van der Waals surface area contributed by atoms with Crippen molar-refractivity contribution in [2.75, 3.05) is 5.75 Å². The molecule has 1 aliphatic carbocycles. The molecule has 1 aliphatic rings. The van der Waals surface area contributed by atoms with Crippen LogP contribution in [0.1, 0.15) is 18.4 Å². The zero-order valence-electron chi connectivity index (χ0n) is 14.8. The molecule has 3 aromatic rings. The lowest BCUT2D eigenvalue weighted by atomic mass is 10.2. The van der Waals surface area contributed by atoms with E-state index in [1.165, 1.54) is 11.8 Å². The number of carbonyl (C=O) groups excluding carboxylic acids is 1. The highest BCUT2D eigenvalue weighted by molar-refractivity contribution is 9.10. The van der Waals surface area contributed by atoms with Crippen molar-refractivity contribution in [2.24, 2.45) is 0 Å². The Balaban J connectivity index is 1.72. The third kappa shape index (κ3) is 4.42. The van der Waals surface area contributed by atoms with Crippen molar-refractivity contribution in [3.8, 4) is 0 Å². The molecule has 1 N–H and O–H groups in total. The molecule has 1 amide bonds. The molecule has 1 fully saturated rings. The topological polar surface area (TPSA) is 64.0 Å². The fraction of sp³-hybridized carbons (Fsp3) is 0.250. The number of hydrogen-bond donors (Lipinski definition) is 1. The monoisotopic (exact) mass is 477 g/mol. The van der Waals surface area contributed by atoms with Gasteiger partial charge in [0.25, 0.3) is 5.56 Å². The Morgan fingerprint density at radius 1 is 1.29 bits per heavy atom. The Kier molecular flexibility index (Phi) is 5.75. The van der Waals surface area contributed by atoms with Crippen LogP contribution in [0.2, 0.25) is 5.02 Å². The van der Waals surface area contributed by atoms with Crippen LogP contribution >= 0.6 is 39.3 Å². The molecule has 0 unspecified atom stereocenters. The Morgan fingerprint density at radius 2 is 2.07 bits per heavy atom. The summed E-state index contributed by atoms with van der Waals surface area (Å²) in [6.45, 7) is 0.292. The molecule has 0 bridgehead atoms. The number of nitrogens with one attached hydrogen (secondary N) is 1. The summed E-state index contributed by atoms with van der Waals surface area (Å²) in [5.41, 5.74) is 1.27. The molecule has 144 valence electrons. The third-order valence-electron chi connectivity index (χ3n) is 4.44. The van der Waals surface area contributed by atoms with E-state index >= 15 is 0 Å². The first-order valence-corrected chi connectivity index (χ1v) is 11.0. The fourth-order valence-corrected chi connectivity index (χ4v) is 4.21. The maximum absolute atomic E-state index is 13.2. The minimum Gasteiger partial charge on any atom is -0.353 e. The molecular weight excluding hydrogens is 462 g/mol. The van der Waals surface area contributed by atoms with Crippen LogP contribution in [0.3, 0.4) is 0 Å². The lowest BCUT2D eigenvalue weighted by Crippen LogP contribution is -2.28. The molecule has 0 saturated heterocycles. The number of aromatic nitrogens is 2. The van der Waals surface area contributed by atoms with Gasteiger partial charge < -0.3 is 5.32 Å². The van der Waals surface area contributed by atoms with Gasteiger partial charge in [0, 0.05) is 15.5 Å². The second-order valence-electron chi connectivity index (χ2n) is 6.67. The van der Waals surface area contributed by atoms with E-state index in [0.717, 1.165) is 22.9 Å². The zero-order chi connectivity index (χ0) is 19.7. The van der Waals surface area contributed by atoms with Crippen LogP contribution in [0.25, 0.3) is 10.9 Å². The van der Waals surface area contributed by atoms with Gasteiger partial charge in [-0.3, -0.25) is 14.2 Å². The molecular formula is C20H17BrClN3O2S. The van der Waals surface area contributed by atoms with E-state index in [2.05, 4.69) is 26.2 Å². The molecule has 0 aliphatic heterocycles. The van der Waals surface area contributed by atoms with Gasteiger partial charge in [-0.25, -0.2) is 4.98 Å². The smallest absolute Gasteiger partial charge is 0.262 e. The summed E-state index contributed by atoms with van der Waals surface area (Å²) >= 11 is 11.0. The predicted molar refractivity (Wildman–Crippen MR) is 116 cm³/mol. The van der Waals surface area contributed by atoms with Crippen LogP contribution in [0.4, 0.5) is 0 Å². The third-order valence-corrected chi connectivity index (χ3v) is 6.28. The van der Waals surface area contributed by atoms with Crippen molar-refractivity contribution in [2.45, 2.75) is 30.6 Å². The number of hydrogen-bond acceptors (Lipinski definition) is 4. The molecule has 4 rings (SSSR count). The number of amides is 1. The van der Waals surface area contributed by atoms with Crippen LogP contribution < -0.4 is 10.9 Å². The summed E-state index contributed by atoms with van der Waals surface area (Å²) in [6, 6.07) is 13.1. The van der Waals surface area contributed by atoms with Crippen molar-refractivity contribution in [1.82, 2.24) is 14.9 Å². The van der Waals surface area contributed by atoms with Gasteiger partial charge >= 0.3 is 0 Å². The van der Waals surface area contributed by atoms with Crippen LogP contribution in [-0.2, 0) is 11.3 Å². The van der Waals surface area contributed by atoms with Crippen molar-refractivity contribution >= 4 is 56.1 Å². The fourth-order valence-electron chi connectivity index (χ4n) is 2.85. The molecule has 28 heavy (non-hydrogen) atoms. The second-order valence-corrected chi connectivity index (χ2v) is 8.93. The lowest BCUT2D eigenvalue weighted by molar-refractivity contribution is -0.118. The van der Waals surface area contributed by atoms with Crippen molar-refractivity contribution in [3.63, 3.8) is 0 Å². The first-order valence-electron chi connectivity index (χ1n) is 8.87. The maximum atomic E-state index is 13.2. The van der Waals surface area contributed by atoms with Gasteiger partial charge in [0.05, 0.1) is 23.2 Å². The molecule has 1 aromatic heterocycles.